The Bertz CT molecular complexity index is 840. The number of carbonyl (C=O) groups excluding carboxylic acids is 1. The molecule has 2 fully saturated rings. The fourth-order valence-electron chi connectivity index (χ4n) is 3.99. The van der Waals surface area contributed by atoms with Crippen molar-refractivity contribution in [1.29, 1.82) is 0 Å². The molecule has 0 aliphatic carbocycles. The molecule has 2 aliphatic rings. The monoisotopic (exact) mass is 412 g/mol. The molecule has 2 saturated heterocycles. The predicted molar refractivity (Wildman–Crippen MR) is 98.5 cm³/mol. The number of sulfonamides is 1. The first-order valence-corrected chi connectivity index (χ1v) is 10.6. The van der Waals surface area contributed by atoms with Gasteiger partial charge in [0.2, 0.25) is 10.0 Å². The highest BCUT2D eigenvalue weighted by atomic mass is 32.2. The molecule has 2 aliphatic heterocycles. The lowest BCUT2D eigenvalue weighted by molar-refractivity contribution is -0.147. The van der Waals surface area contributed by atoms with Gasteiger partial charge in [-0.15, -0.1) is 0 Å². The molecule has 0 bridgehead atoms. The van der Waals surface area contributed by atoms with Gasteiger partial charge < -0.3 is 19.5 Å². The Morgan fingerprint density at radius 2 is 1.93 bits per heavy atom. The van der Waals surface area contributed by atoms with Crippen molar-refractivity contribution >= 4 is 22.1 Å². The summed E-state index contributed by atoms with van der Waals surface area (Å²) in [6.07, 6.45) is -0.270. The number of carboxylic acid groups (broad SMARTS) is 1. The molecular weight excluding hydrogens is 388 g/mol. The second-order valence-electron chi connectivity index (χ2n) is 6.86. The van der Waals surface area contributed by atoms with Crippen molar-refractivity contribution in [2.45, 2.75) is 36.7 Å². The van der Waals surface area contributed by atoms with E-state index in [4.69, 9.17) is 9.47 Å². The lowest BCUT2D eigenvalue weighted by Crippen LogP contribution is -2.53. The molecule has 28 heavy (non-hydrogen) atoms. The Balaban J connectivity index is 1.99. The van der Waals surface area contributed by atoms with Gasteiger partial charge in [0.1, 0.15) is 11.8 Å². The second kappa shape index (κ2) is 7.96. The Labute approximate surface area is 163 Å². The highest BCUT2D eigenvalue weighted by Gasteiger charge is 2.53. The molecule has 1 aromatic rings. The van der Waals surface area contributed by atoms with Crippen LogP contribution < -0.4 is 4.74 Å². The van der Waals surface area contributed by atoms with Crippen LogP contribution in [-0.4, -0.2) is 73.7 Å². The van der Waals surface area contributed by atoms with Crippen LogP contribution in [0.4, 0.5) is 4.79 Å². The van der Waals surface area contributed by atoms with Gasteiger partial charge in [0.25, 0.3) is 0 Å². The molecule has 0 unspecified atom stereocenters. The molecule has 9 nitrogen and oxygen atoms in total. The lowest BCUT2D eigenvalue weighted by Gasteiger charge is -2.37. The third kappa shape index (κ3) is 3.66. The number of benzene rings is 1. The van der Waals surface area contributed by atoms with Crippen molar-refractivity contribution in [2.75, 3.05) is 26.8 Å². The fraction of sp³-hybridized carbons (Fsp3) is 0.556. The molecule has 0 saturated carbocycles. The number of carbonyl (C=O) groups is 2. The van der Waals surface area contributed by atoms with Gasteiger partial charge in [-0.3, -0.25) is 4.79 Å². The van der Waals surface area contributed by atoms with E-state index < -0.39 is 34.2 Å². The summed E-state index contributed by atoms with van der Waals surface area (Å²) in [5.41, 5.74) is 0. The van der Waals surface area contributed by atoms with Crippen molar-refractivity contribution in [2.24, 2.45) is 5.92 Å². The van der Waals surface area contributed by atoms with Crippen LogP contribution in [0, 0.1) is 5.92 Å². The van der Waals surface area contributed by atoms with E-state index in [1.54, 1.807) is 6.92 Å². The molecule has 154 valence electrons. The van der Waals surface area contributed by atoms with Crippen LogP contribution in [0.1, 0.15) is 19.8 Å². The van der Waals surface area contributed by atoms with Gasteiger partial charge in [-0.2, -0.15) is 4.31 Å². The summed E-state index contributed by atoms with van der Waals surface area (Å²) in [4.78, 5) is 25.1. The SMILES string of the molecule is CCOC(=O)[C@@H]1C[C@@H]2CCN(C(=O)O)C[C@@H]2N1S(=O)(=O)c1ccc(OC)cc1. The van der Waals surface area contributed by atoms with Crippen LogP contribution in [0.15, 0.2) is 29.2 Å². The molecule has 10 heteroatoms. The summed E-state index contributed by atoms with van der Waals surface area (Å²) in [5, 5.41) is 9.33. The number of fused-ring (bicyclic) bond motifs is 1. The first-order valence-electron chi connectivity index (χ1n) is 9.11. The zero-order valence-corrected chi connectivity index (χ0v) is 16.6. The number of hydrogen-bond donors (Lipinski definition) is 1. The highest BCUT2D eigenvalue weighted by molar-refractivity contribution is 7.89. The van der Waals surface area contributed by atoms with E-state index in [1.807, 2.05) is 0 Å². The van der Waals surface area contributed by atoms with Gasteiger partial charge in [0.15, 0.2) is 0 Å². The molecule has 0 radical (unpaired) electrons. The Morgan fingerprint density at radius 1 is 1.25 bits per heavy atom. The molecule has 0 aromatic heterocycles. The maximum absolute atomic E-state index is 13.4. The predicted octanol–water partition coefficient (Wildman–Crippen LogP) is 1.39. The quantitative estimate of drug-likeness (QED) is 0.727. The first kappa shape index (κ1) is 20.4. The molecule has 0 spiro atoms. The summed E-state index contributed by atoms with van der Waals surface area (Å²) in [7, 11) is -2.56. The third-order valence-corrected chi connectivity index (χ3v) is 7.29. The summed E-state index contributed by atoms with van der Waals surface area (Å²) < 4.78 is 38.1. The number of amides is 1. The third-order valence-electron chi connectivity index (χ3n) is 5.35. The second-order valence-corrected chi connectivity index (χ2v) is 8.70. The van der Waals surface area contributed by atoms with Crippen LogP contribution in [0.25, 0.3) is 0 Å². The van der Waals surface area contributed by atoms with Crippen molar-refractivity contribution in [1.82, 2.24) is 9.21 Å². The van der Waals surface area contributed by atoms with E-state index in [-0.39, 0.29) is 24.0 Å². The van der Waals surface area contributed by atoms with Crippen LogP contribution >= 0.6 is 0 Å². The molecule has 2 heterocycles. The van der Waals surface area contributed by atoms with Crippen molar-refractivity contribution in [3.8, 4) is 5.75 Å². The van der Waals surface area contributed by atoms with Crippen molar-refractivity contribution in [3.05, 3.63) is 24.3 Å². The highest BCUT2D eigenvalue weighted by Crippen LogP contribution is 2.40. The van der Waals surface area contributed by atoms with Gasteiger partial charge in [-0.05, 0) is 49.9 Å². The number of nitrogens with zero attached hydrogens (tertiary/aromatic N) is 2. The van der Waals surface area contributed by atoms with E-state index in [0.717, 1.165) is 4.31 Å². The van der Waals surface area contributed by atoms with Gasteiger partial charge >= 0.3 is 12.1 Å². The standard InChI is InChI=1S/C18H24N2O7S/c1-3-27-17(21)15-10-12-8-9-19(18(22)23)11-16(12)20(15)28(24,25)14-6-4-13(26-2)5-7-14/h4-7,12,15-16H,3,8-11H2,1-2H3,(H,22,23)/t12-,15-,16-/m0/s1. The maximum atomic E-state index is 13.4. The summed E-state index contributed by atoms with van der Waals surface area (Å²) in [5.74, 6) is -0.191. The Kier molecular flexibility index (Phi) is 5.80. The molecule has 1 aromatic carbocycles. The molecule has 1 N–H and O–H groups in total. The smallest absolute Gasteiger partial charge is 0.407 e. The molecule has 1 amide bonds. The van der Waals surface area contributed by atoms with Crippen LogP contribution in [0.3, 0.4) is 0 Å². The number of rotatable bonds is 5. The molecule has 3 rings (SSSR count). The number of hydrogen-bond acceptors (Lipinski definition) is 6. The average Bonchev–Trinajstić information content (AvgIpc) is 3.07. The summed E-state index contributed by atoms with van der Waals surface area (Å²) in [6.45, 7) is 2.16. The van der Waals surface area contributed by atoms with E-state index in [0.29, 0.717) is 25.1 Å². The maximum Gasteiger partial charge on any atom is 0.407 e. The fourth-order valence-corrected chi connectivity index (χ4v) is 5.82. The number of piperidine rings is 1. The van der Waals surface area contributed by atoms with Crippen LogP contribution in [0.5, 0.6) is 5.75 Å². The number of ether oxygens (including phenoxy) is 2. The van der Waals surface area contributed by atoms with E-state index in [1.165, 1.54) is 36.3 Å². The van der Waals surface area contributed by atoms with E-state index >= 15 is 0 Å². The minimum absolute atomic E-state index is 0.0238. The molecular formula is C18H24N2O7S. The molecule has 3 atom stereocenters. The summed E-state index contributed by atoms with van der Waals surface area (Å²) >= 11 is 0. The average molecular weight is 412 g/mol. The number of esters is 1. The number of methoxy groups -OCH3 is 1. The summed E-state index contributed by atoms with van der Waals surface area (Å²) in [6, 6.07) is 4.33. The lowest BCUT2D eigenvalue weighted by atomic mass is 9.91. The van der Waals surface area contributed by atoms with E-state index in [9.17, 15) is 23.1 Å². The minimum atomic E-state index is -4.04. The van der Waals surface area contributed by atoms with Crippen LogP contribution in [-0.2, 0) is 19.6 Å². The zero-order chi connectivity index (χ0) is 20.5. The van der Waals surface area contributed by atoms with Crippen LogP contribution in [0.2, 0.25) is 0 Å². The van der Waals surface area contributed by atoms with Gasteiger partial charge in [-0.25, -0.2) is 13.2 Å². The largest absolute Gasteiger partial charge is 0.497 e. The normalized spacial score (nSPS) is 25.2. The Morgan fingerprint density at radius 3 is 2.50 bits per heavy atom. The topological polar surface area (TPSA) is 113 Å². The number of likely N-dealkylation sites (tertiary alicyclic amines) is 1. The van der Waals surface area contributed by atoms with E-state index in [2.05, 4.69) is 0 Å². The van der Waals surface area contributed by atoms with Gasteiger partial charge in [0.05, 0.1) is 18.6 Å². The van der Waals surface area contributed by atoms with Gasteiger partial charge in [-0.1, -0.05) is 0 Å². The Hall–Kier alpha value is -2.33. The van der Waals surface area contributed by atoms with Gasteiger partial charge in [0, 0.05) is 19.1 Å². The van der Waals surface area contributed by atoms with Crippen molar-refractivity contribution < 1.29 is 32.6 Å². The first-order chi connectivity index (χ1) is 13.3. The zero-order valence-electron chi connectivity index (χ0n) is 15.8. The minimum Gasteiger partial charge on any atom is -0.497 e. The van der Waals surface area contributed by atoms with Crippen molar-refractivity contribution in [3.63, 3.8) is 0 Å².